The first-order valence-corrected chi connectivity index (χ1v) is 11.9. The number of nitrogens with one attached hydrogen (secondary N) is 1. The van der Waals surface area contributed by atoms with Crippen molar-refractivity contribution in [2.24, 2.45) is 23.2 Å². The summed E-state index contributed by atoms with van der Waals surface area (Å²) >= 11 is 0. The van der Waals surface area contributed by atoms with Crippen molar-refractivity contribution in [3.8, 4) is 0 Å². The number of hydrogen-bond acceptors (Lipinski definition) is 3. The van der Waals surface area contributed by atoms with Crippen LogP contribution in [-0.2, 0) is 11.3 Å². The second kappa shape index (κ2) is 10.4. The topological polar surface area (TPSA) is 35.6 Å². The van der Waals surface area contributed by atoms with E-state index in [2.05, 4.69) is 52.4 Å². The lowest BCUT2D eigenvalue weighted by Gasteiger charge is -2.55. The maximum absolute atomic E-state index is 13.3. The Morgan fingerprint density at radius 3 is 2.00 bits per heavy atom. The van der Waals surface area contributed by atoms with E-state index in [0.29, 0.717) is 5.91 Å². The van der Waals surface area contributed by atoms with E-state index in [4.69, 9.17) is 0 Å². The molecule has 0 spiro atoms. The largest absolute Gasteiger partial charge is 0.352 e. The highest BCUT2D eigenvalue weighted by molar-refractivity contribution is 5.85. The first kappa shape index (κ1) is 24.8. The van der Waals surface area contributed by atoms with Crippen LogP contribution in [0.15, 0.2) is 30.3 Å². The number of amides is 1. The van der Waals surface area contributed by atoms with Gasteiger partial charge in [0.15, 0.2) is 0 Å². The molecule has 1 aromatic rings. The van der Waals surface area contributed by atoms with Crippen LogP contribution in [0.25, 0.3) is 0 Å². The monoisotopic (exact) mass is 467 g/mol. The summed E-state index contributed by atoms with van der Waals surface area (Å²) in [4.78, 5) is 18.3. The zero-order valence-corrected chi connectivity index (χ0v) is 20.4. The molecule has 1 saturated heterocycles. The third kappa shape index (κ3) is 5.58. The maximum atomic E-state index is 13.3. The molecule has 4 saturated carbocycles. The summed E-state index contributed by atoms with van der Waals surface area (Å²) < 4.78 is 0. The molecule has 1 aliphatic heterocycles. The van der Waals surface area contributed by atoms with Crippen LogP contribution < -0.4 is 5.32 Å². The molecular formula is C25H39Cl2N3O. The van der Waals surface area contributed by atoms with Crippen LogP contribution in [0.1, 0.15) is 51.0 Å². The van der Waals surface area contributed by atoms with Crippen molar-refractivity contribution < 1.29 is 4.79 Å². The van der Waals surface area contributed by atoms with Crippen LogP contribution in [0.4, 0.5) is 0 Å². The number of benzene rings is 1. The van der Waals surface area contributed by atoms with Gasteiger partial charge in [-0.2, -0.15) is 0 Å². The van der Waals surface area contributed by atoms with Gasteiger partial charge in [0.1, 0.15) is 0 Å². The molecule has 1 heterocycles. The molecule has 174 valence electrons. The second-order valence-corrected chi connectivity index (χ2v) is 10.6. The molecular weight excluding hydrogens is 429 g/mol. The molecule has 5 aliphatic rings. The van der Waals surface area contributed by atoms with Gasteiger partial charge >= 0.3 is 0 Å². The van der Waals surface area contributed by atoms with E-state index in [1.54, 1.807) is 0 Å². The third-order valence-electron chi connectivity index (χ3n) is 8.14. The van der Waals surface area contributed by atoms with Crippen molar-refractivity contribution in [2.45, 2.75) is 58.0 Å². The van der Waals surface area contributed by atoms with E-state index >= 15 is 0 Å². The van der Waals surface area contributed by atoms with Crippen molar-refractivity contribution >= 4 is 30.7 Å². The summed E-state index contributed by atoms with van der Waals surface area (Å²) in [6.07, 6.45) is 7.68. The van der Waals surface area contributed by atoms with E-state index in [1.807, 2.05) is 0 Å². The number of halogens is 2. The molecule has 6 heteroatoms. The van der Waals surface area contributed by atoms with Crippen LogP contribution in [-0.4, -0.2) is 54.5 Å². The number of carbonyl (C=O) groups excluding carboxylic acids is 1. The Hall–Kier alpha value is -0.810. The van der Waals surface area contributed by atoms with Gasteiger partial charge in [-0.05, 0) is 68.8 Å². The van der Waals surface area contributed by atoms with E-state index in [-0.39, 0.29) is 36.3 Å². The SMILES string of the molecule is C[C@H](CN1CCN(Cc2ccccc2)CC1)NC(=O)C12CC3CC(CC(C3)C1)C2.Cl.Cl. The van der Waals surface area contributed by atoms with Gasteiger partial charge in [0, 0.05) is 50.7 Å². The van der Waals surface area contributed by atoms with Crippen molar-refractivity contribution in [3.63, 3.8) is 0 Å². The van der Waals surface area contributed by atoms with Crippen LogP contribution >= 0.6 is 24.8 Å². The fourth-order valence-corrected chi connectivity index (χ4v) is 7.17. The van der Waals surface area contributed by atoms with Crippen LogP contribution in [0.2, 0.25) is 0 Å². The minimum Gasteiger partial charge on any atom is -0.352 e. The fraction of sp³-hybridized carbons (Fsp3) is 0.720. The molecule has 1 amide bonds. The summed E-state index contributed by atoms with van der Waals surface area (Å²) in [7, 11) is 0. The molecule has 4 bridgehead atoms. The Balaban J connectivity index is 0.00000136. The van der Waals surface area contributed by atoms with E-state index in [0.717, 1.165) is 76.3 Å². The van der Waals surface area contributed by atoms with E-state index in [9.17, 15) is 4.79 Å². The highest BCUT2D eigenvalue weighted by Gasteiger charge is 2.54. The smallest absolute Gasteiger partial charge is 0.226 e. The molecule has 0 aromatic heterocycles. The first-order chi connectivity index (χ1) is 14.1. The molecule has 1 atom stereocenters. The maximum Gasteiger partial charge on any atom is 0.226 e. The number of piperazine rings is 1. The number of hydrogen-bond donors (Lipinski definition) is 1. The quantitative estimate of drug-likeness (QED) is 0.674. The molecule has 1 aromatic carbocycles. The summed E-state index contributed by atoms with van der Waals surface area (Å²) in [5.41, 5.74) is 1.38. The summed E-state index contributed by atoms with van der Waals surface area (Å²) in [6.45, 7) is 8.67. The fourth-order valence-electron chi connectivity index (χ4n) is 7.17. The highest BCUT2D eigenvalue weighted by Crippen LogP contribution is 2.60. The van der Waals surface area contributed by atoms with Gasteiger partial charge in [-0.3, -0.25) is 14.6 Å². The minimum absolute atomic E-state index is 0. The third-order valence-corrected chi connectivity index (χ3v) is 8.14. The molecule has 6 rings (SSSR count). The lowest BCUT2D eigenvalue weighted by molar-refractivity contribution is -0.147. The number of rotatable bonds is 6. The van der Waals surface area contributed by atoms with Gasteiger partial charge in [0.05, 0.1) is 0 Å². The molecule has 4 aliphatic carbocycles. The van der Waals surface area contributed by atoms with E-state index < -0.39 is 0 Å². The second-order valence-electron chi connectivity index (χ2n) is 10.6. The van der Waals surface area contributed by atoms with Gasteiger partial charge < -0.3 is 5.32 Å². The zero-order valence-electron chi connectivity index (χ0n) is 18.8. The Morgan fingerprint density at radius 1 is 0.935 bits per heavy atom. The summed E-state index contributed by atoms with van der Waals surface area (Å²) in [5, 5.41) is 3.44. The van der Waals surface area contributed by atoms with Gasteiger partial charge in [0.2, 0.25) is 5.91 Å². The molecule has 0 radical (unpaired) electrons. The van der Waals surface area contributed by atoms with Crippen molar-refractivity contribution in [1.82, 2.24) is 15.1 Å². The number of carbonyl (C=O) groups is 1. The van der Waals surface area contributed by atoms with Gasteiger partial charge in [-0.15, -0.1) is 24.8 Å². The van der Waals surface area contributed by atoms with E-state index in [1.165, 1.54) is 24.8 Å². The van der Waals surface area contributed by atoms with Gasteiger partial charge in [-0.25, -0.2) is 0 Å². The molecule has 0 unspecified atom stereocenters. The molecule has 5 fully saturated rings. The average Bonchev–Trinajstić information content (AvgIpc) is 2.69. The summed E-state index contributed by atoms with van der Waals surface area (Å²) in [6, 6.07) is 11.0. The Kier molecular flexibility index (Phi) is 8.34. The first-order valence-electron chi connectivity index (χ1n) is 11.9. The van der Waals surface area contributed by atoms with Crippen molar-refractivity contribution in [1.29, 1.82) is 0 Å². The lowest BCUT2D eigenvalue weighted by Crippen LogP contribution is -2.56. The lowest BCUT2D eigenvalue weighted by atomic mass is 9.49. The molecule has 1 N–H and O–H groups in total. The predicted molar refractivity (Wildman–Crippen MR) is 131 cm³/mol. The van der Waals surface area contributed by atoms with Crippen LogP contribution in [0, 0.1) is 23.2 Å². The minimum atomic E-state index is -0.0165. The standard InChI is InChI=1S/C25H37N3O.2ClH/c1-19(17-27-7-9-28(10-8-27)18-20-5-3-2-4-6-20)26-24(29)25-14-21-11-22(15-25)13-23(12-21)16-25;;/h2-6,19,21-23H,7-18H2,1H3,(H,26,29);2*1H/t19-,21?,22?,23?,25?;;/m1../s1. The number of nitrogens with zero attached hydrogens (tertiary/aromatic N) is 2. The Labute approximate surface area is 200 Å². The molecule has 31 heavy (non-hydrogen) atoms. The highest BCUT2D eigenvalue weighted by atomic mass is 35.5. The average molecular weight is 469 g/mol. The Morgan fingerprint density at radius 2 is 1.45 bits per heavy atom. The van der Waals surface area contributed by atoms with Gasteiger partial charge in [-0.1, -0.05) is 30.3 Å². The van der Waals surface area contributed by atoms with Crippen LogP contribution in [0.3, 0.4) is 0 Å². The normalized spacial score (nSPS) is 33.3. The molecule has 4 nitrogen and oxygen atoms in total. The van der Waals surface area contributed by atoms with Crippen LogP contribution in [0.5, 0.6) is 0 Å². The van der Waals surface area contributed by atoms with Crippen molar-refractivity contribution in [2.75, 3.05) is 32.7 Å². The Bertz CT molecular complexity index is 685. The zero-order chi connectivity index (χ0) is 19.8. The summed E-state index contributed by atoms with van der Waals surface area (Å²) in [5.74, 6) is 2.88. The van der Waals surface area contributed by atoms with Crippen molar-refractivity contribution in [3.05, 3.63) is 35.9 Å². The van der Waals surface area contributed by atoms with Gasteiger partial charge in [0.25, 0.3) is 0 Å². The predicted octanol–water partition coefficient (Wildman–Crippen LogP) is 4.37.